The highest BCUT2D eigenvalue weighted by Crippen LogP contribution is 2.23. The van der Waals surface area contributed by atoms with Gasteiger partial charge in [-0.2, -0.15) is 0 Å². The van der Waals surface area contributed by atoms with Gasteiger partial charge in [-0.05, 0) is 36.8 Å². The zero-order valence-corrected chi connectivity index (χ0v) is 16.6. The van der Waals surface area contributed by atoms with Crippen LogP contribution in [0.4, 0.5) is 10.1 Å². The summed E-state index contributed by atoms with van der Waals surface area (Å²) in [5, 5.41) is 2.47. The van der Waals surface area contributed by atoms with E-state index in [0.717, 1.165) is 0 Å². The molecule has 1 N–H and O–H groups in total. The van der Waals surface area contributed by atoms with E-state index in [1.165, 1.54) is 22.7 Å². The summed E-state index contributed by atoms with van der Waals surface area (Å²) in [5.41, 5.74) is 1.02. The lowest BCUT2D eigenvalue weighted by Crippen LogP contribution is -2.23. The molecule has 0 bridgehead atoms. The van der Waals surface area contributed by atoms with Gasteiger partial charge in [-0.25, -0.2) is 9.18 Å². The Morgan fingerprint density at radius 3 is 2.54 bits per heavy atom. The molecule has 0 saturated carbocycles. The zero-order chi connectivity index (χ0) is 20.7. The molecule has 148 valence electrons. The van der Waals surface area contributed by atoms with Crippen molar-refractivity contribution < 1.29 is 23.5 Å². The number of nitrogens with one attached hydrogen (secondary N) is 1. The number of ether oxygens (including phenoxy) is 1. The predicted molar refractivity (Wildman–Crippen MR) is 106 cm³/mol. The molecule has 0 aromatic heterocycles. The van der Waals surface area contributed by atoms with Gasteiger partial charge >= 0.3 is 5.97 Å². The quantitative estimate of drug-likeness (QED) is 0.567. The number of carbonyl (C=O) groups excluding carboxylic acids is 3. The summed E-state index contributed by atoms with van der Waals surface area (Å²) < 4.78 is 18.6. The standard InChI is InChI=1S/C20H21FN2O4S/c1-13-8-9-14(10-16(13)21)22-18(24)11-27-20(26)15-6-4-5-7-17(15)28-12-19(25)23(2)3/h4-10H,11-12H2,1-3H3,(H,22,24). The minimum absolute atomic E-state index is 0.0853. The molecule has 2 aromatic carbocycles. The second-order valence-corrected chi connectivity index (χ2v) is 7.18. The van der Waals surface area contributed by atoms with Crippen molar-refractivity contribution in [1.29, 1.82) is 0 Å². The summed E-state index contributed by atoms with van der Waals surface area (Å²) >= 11 is 1.22. The van der Waals surface area contributed by atoms with Gasteiger partial charge in [0.15, 0.2) is 6.61 Å². The SMILES string of the molecule is Cc1ccc(NC(=O)COC(=O)c2ccccc2SCC(=O)N(C)C)cc1F. The van der Waals surface area contributed by atoms with Crippen LogP contribution in [-0.2, 0) is 14.3 Å². The lowest BCUT2D eigenvalue weighted by atomic mass is 10.2. The van der Waals surface area contributed by atoms with Crippen LogP contribution in [0.3, 0.4) is 0 Å². The van der Waals surface area contributed by atoms with Crippen LogP contribution in [0.25, 0.3) is 0 Å². The Balaban J connectivity index is 1.94. The Hall–Kier alpha value is -2.87. The molecule has 0 heterocycles. The normalized spacial score (nSPS) is 10.3. The molecular weight excluding hydrogens is 383 g/mol. The summed E-state index contributed by atoms with van der Waals surface area (Å²) in [6.45, 7) is 1.11. The number of amides is 2. The number of esters is 1. The first-order valence-electron chi connectivity index (χ1n) is 8.43. The van der Waals surface area contributed by atoms with E-state index in [4.69, 9.17) is 4.74 Å². The van der Waals surface area contributed by atoms with Gasteiger partial charge in [0.05, 0.1) is 11.3 Å². The number of carbonyl (C=O) groups is 3. The molecule has 28 heavy (non-hydrogen) atoms. The van der Waals surface area contributed by atoms with Gasteiger partial charge in [0.2, 0.25) is 5.91 Å². The van der Waals surface area contributed by atoms with Crippen molar-refractivity contribution in [2.75, 3.05) is 31.8 Å². The van der Waals surface area contributed by atoms with Crippen molar-refractivity contribution in [3.05, 3.63) is 59.4 Å². The van der Waals surface area contributed by atoms with E-state index < -0.39 is 24.3 Å². The molecule has 0 aliphatic carbocycles. The summed E-state index contributed by atoms with van der Waals surface area (Å²) in [4.78, 5) is 38.1. The average Bonchev–Trinajstić information content (AvgIpc) is 2.67. The largest absolute Gasteiger partial charge is 0.452 e. The Labute approximate surface area is 167 Å². The van der Waals surface area contributed by atoms with Crippen molar-refractivity contribution >= 4 is 35.2 Å². The molecule has 2 rings (SSSR count). The number of nitrogens with zero attached hydrogens (tertiary/aromatic N) is 1. The number of thioether (sulfide) groups is 1. The molecular formula is C20H21FN2O4S. The molecule has 8 heteroatoms. The smallest absolute Gasteiger partial charge is 0.339 e. The van der Waals surface area contributed by atoms with Crippen LogP contribution in [0, 0.1) is 12.7 Å². The Bertz CT molecular complexity index is 886. The molecule has 0 radical (unpaired) electrons. The summed E-state index contributed by atoms with van der Waals surface area (Å²) in [6.07, 6.45) is 0. The Morgan fingerprint density at radius 1 is 1.14 bits per heavy atom. The maximum atomic E-state index is 13.5. The first-order valence-corrected chi connectivity index (χ1v) is 9.41. The van der Waals surface area contributed by atoms with Gasteiger partial charge < -0.3 is 15.0 Å². The van der Waals surface area contributed by atoms with Crippen molar-refractivity contribution in [1.82, 2.24) is 4.90 Å². The van der Waals surface area contributed by atoms with Crippen molar-refractivity contribution in [3.8, 4) is 0 Å². The molecule has 0 spiro atoms. The maximum Gasteiger partial charge on any atom is 0.339 e. The molecule has 0 aliphatic rings. The third-order valence-corrected chi connectivity index (χ3v) is 4.81. The van der Waals surface area contributed by atoms with Crippen LogP contribution in [-0.4, -0.2) is 49.1 Å². The van der Waals surface area contributed by atoms with Gasteiger partial charge in [0.25, 0.3) is 5.91 Å². The molecule has 0 fully saturated rings. The second-order valence-electron chi connectivity index (χ2n) is 6.16. The van der Waals surface area contributed by atoms with Gasteiger partial charge in [0, 0.05) is 24.7 Å². The molecule has 0 atom stereocenters. The number of aryl methyl sites for hydroxylation is 1. The molecule has 0 saturated heterocycles. The second kappa shape index (κ2) is 9.89. The molecule has 2 amide bonds. The van der Waals surface area contributed by atoms with Crippen LogP contribution in [0.15, 0.2) is 47.4 Å². The summed E-state index contributed by atoms with van der Waals surface area (Å²) in [7, 11) is 3.31. The van der Waals surface area contributed by atoms with Crippen LogP contribution in [0.1, 0.15) is 15.9 Å². The van der Waals surface area contributed by atoms with E-state index >= 15 is 0 Å². The van der Waals surface area contributed by atoms with E-state index in [0.29, 0.717) is 10.5 Å². The first kappa shape index (κ1) is 21.4. The lowest BCUT2D eigenvalue weighted by Gasteiger charge is -2.12. The minimum atomic E-state index is -0.675. The van der Waals surface area contributed by atoms with Gasteiger partial charge in [-0.1, -0.05) is 18.2 Å². The number of benzene rings is 2. The molecule has 2 aromatic rings. The Kier molecular flexibility index (Phi) is 7.57. The third kappa shape index (κ3) is 6.09. The van der Waals surface area contributed by atoms with Crippen molar-refractivity contribution in [2.45, 2.75) is 11.8 Å². The molecule has 6 nitrogen and oxygen atoms in total. The van der Waals surface area contributed by atoms with Gasteiger partial charge in [0.1, 0.15) is 5.82 Å². The number of halogens is 1. The fourth-order valence-corrected chi connectivity index (χ4v) is 3.13. The fraction of sp³-hybridized carbons (Fsp3) is 0.250. The predicted octanol–water partition coefficient (Wildman–Crippen LogP) is 3.11. The van der Waals surface area contributed by atoms with E-state index in [-0.39, 0.29) is 22.9 Å². The molecule has 0 aliphatic heterocycles. The fourth-order valence-electron chi connectivity index (χ4n) is 2.11. The Morgan fingerprint density at radius 2 is 1.86 bits per heavy atom. The monoisotopic (exact) mass is 404 g/mol. The number of rotatable bonds is 7. The lowest BCUT2D eigenvalue weighted by molar-refractivity contribution is -0.125. The van der Waals surface area contributed by atoms with Crippen LogP contribution in [0.5, 0.6) is 0 Å². The van der Waals surface area contributed by atoms with E-state index in [9.17, 15) is 18.8 Å². The van der Waals surface area contributed by atoms with Crippen LogP contribution in [0.2, 0.25) is 0 Å². The first-order chi connectivity index (χ1) is 13.3. The van der Waals surface area contributed by atoms with Crippen LogP contribution < -0.4 is 5.32 Å². The van der Waals surface area contributed by atoms with Gasteiger partial charge in [-0.15, -0.1) is 11.8 Å². The topological polar surface area (TPSA) is 75.7 Å². The average molecular weight is 404 g/mol. The van der Waals surface area contributed by atoms with Crippen LogP contribution >= 0.6 is 11.8 Å². The van der Waals surface area contributed by atoms with E-state index in [1.54, 1.807) is 57.4 Å². The van der Waals surface area contributed by atoms with Crippen molar-refractivity contribution in [2.24, 2.45) is 0 Å². The molecule has 0 unspecified atom stereocenters. The maximum absolute atomic E-state index is 13.5. The highest BCUT2D eigenvalue weighted by Gasteiger charge is 2.16. The third-order valence-electron chi connectivity index (χ3n) is 3.75. The summed E-state index contributed by atoms with van der Waals surface area (Å²) in [5.74, 6) is -1.60. The number of hydrogen-bond acceptors (Lipinski definition) is 5. The summed E-state index contributed by atoms with van der Waals surface area (Å²) in [6, 6.07) is 11.0. The highest BCUT2D eigenvalue weighted by atomic mass is 32.2. The van der Waals surface area contributed by atoms with Crippen molar-refractivity contribution in [3.63, 3.8) is 0 Å². The highest BCUT2D eigenvalue weighted by molar-refractivity contribution is 8.00. The number of hydrogen-bond donors (Lipinski definition) is 1. The van der Waals surface area contributed by atoms with Gasteiger partial charge in [-0.3, -0.25) is 9.59 Å². The number of anilines is 1. The zero-order valence-electron chi connectivity index (χ0n) is 15.8. The minimum Gasteiger partial charge on any atom is -0.452 e. The van der Waals surface area contributed by atoms with E-state index in [2.05, 4.69) is 5.32 Å². The van der Waals surface area contributed by atoms with E-state index in [1.807, 2.05) is 0 Å².